The Morgan fingerprint density at radius 3 is 2.78 bits per heavy atom. The molecule has 0 unspecified atom stereocenters. The first-order valence-corrected chi connectivity index (χ1v) is 6.79. The Morgan fingerprint density at radius 1 is 1.56 bits per heavy atom. The fourth-order valence-electron chi connectivity index (χ4n) is 1.42. The lowest BCUT2D eigenvalue weighted by molar-refractivity contribution is -0.124. The highest BCUT2D eigenvalue weighted by atomic mass is 32.2. The molecule has 2 amide bonds. The van der Waals surface area contributed by atoms with Crippen LogP contribution in [0.25, 0.3) is 0 Å². The maximum atomic E-state index is 11.9. The summed E-state index contributed by atoms with van der Waals surface area (Å²) in [5.41, 5.74) is -0.565. The first kappa shape index (κ1) is 14.7. The van der Waals surface area contributed by atoms with Gasteiger partial charge in [0.15, 0.2) is 0 Å². The molecule has 1 heterocycles. The first-order chi connectivity index (χ1) is 8.35. The zero-order valence-corrected chi connectivity index (χ0v) is 11.7. The van der Waals surface area contributed by atoms with Crippen LogP contribution in [0.4, 0.5) is 4.79 Å². The molecule has 1 aliphatic rings. The van der Waals surface area contributed by atoms with E-state index in [1.165, 1.54) is 16.7 Å². The highest BCUT2D eigenvalue weighted by Gasteiger charge is 2.36. The maximum Gasteiger partial charge on any atom is 0.411 e. The van der Waals surface area contributed by atoms with Gasteiger partial charge in [0.2, 0.25) is 5.91 Å². The molecular formula is C12H18N2O3S. The average Bonchev–Trinajstić information content (AvgIpc) is 2.72. The summed E-state index contributed by atoms with van der Waals surface area (Å²) in [6.07, 6.45) is 4.61. The van der Waals surface area contributed by atoms with E-state index < -0.39 is 17.7 Å². The third-order valence-electron chi connectivity index (χ3n) is 2.18. The van der Waals surface area contributed by atoms with Gasteiger partial charge in [-0.05, 0) is 20.8 Å². The van der Waals surface area contributed by atoms with Crippen LogP contribution >= 0.6 is 11.8 Å². The molecule has 0 aromatic heterocycles. The largest absolute Gasteiger partial charge is 0.444 e. The minimum absolute atomic E-state index is 0.169. The normalized spacial score (nSPS) is 19.2. The van der Waals surface area contributed by atoms with Crippen LogP contribution in [0, 0.1) is 12.3 Å². The van der Waals surface area contributed by atoms with Crippen molar-refractivity contribution in [3.63, 3.8) is 0 Å². The number of hydrogen-bond acceptors (Lipinski definition) is 4. The molecule has 0 aromatic rings. The lowest BCUT2D eigenvalue weighted by Gasteiger charge is -2.27. The van der Waals surface area contributed by atoms with Crippen molar-refractivity contribution in [3.8, 4) is 12.3 Å². The number of nitrogens with zero attached hydrogens (tertiary/aromatic N) is 1. The fourth-order valence-corrected chi connectivity index (χ4v) is 2.56. The molecule has 1 fully saturated rings. The van der Waals surface area contributed by atoms with Gasteiger partial charge in [-0.3, -0.25) is 9.69 Å². The van der Waals surface area contributed by atoms with Gasteiger partial charge in [-0.2, -0.15) is 0 Å². The van der Waals surface area contributed by atoms with Crippen LogP contribution in [0.3, 0.4) is 0 Å². The van der Waals surface area contributed by atoms with Gasteiger partial charge in [-0.25, -0.2) is 4.79 Å². The van der Waals surface area contributed by atoms with Crippen molar-refractivity contribution in [1.29, 1.82) is 0 Å². The summed E-state index contributed by atoms with van der Waals surface area (Å²) >= 11 is 1.52. The third kappa shape index (κ3) is 4.15. The van der Waals surface area contributed by atoms with Crippen molar-refractivity contribution < 1.29 is 14.3 Å². The Morgan fingerprint density at radius 2 is 2.22 bits per heavy atom. The predicted molar refractivity (Wildman–Crippen MR) is 71.0 cm³/mol. The van der Waals surface area contributed by atoms with Gasteiger partial charge in [0.1, 0.15) is 11.6 Å². The summed E-state index contributed by atoms with van der Waals surface area (Å²) in [6.45, 7) is 5.55. The molecule has 0 saturated carbocycles. The predicted octanol–water partition coefficient (Wildman–Crippen LogP) is 1.05. The molecule has 0 spiro atoms. The smallest absolute Gasteiger partial charge is 0.411 e. The number of nitrogens with one attached hydrogen (secondary N) is 1. The Bertz CT molecular complexity index is 370. The van der Waals surface area contributed by atoms with Gasteiger partial charge < -0.3 is 10.1 Å². The van der Waals surface area contributed by atoms with Crippen LogP contribution < -0.4 is 5.32 Å². The number of rotatable bonds is 2. The van der Waals surface area contributed by atoms with E-state index in [-0.39, 0.29) is 12.5 Å². The number of carbonyl (C=O) groups is 2. The number of carbonyl (C=O) groups excluding carboxylic acids is 2. The van der Waals surface area contributed by atoms with Gasteiger partial charge in [-0.15, -0.1) is 18.2 Å². The number of ether oxygens (including phenoxy) is 1. The molecule has 100 valence electrons. The highest BCUT2D eigenvalue weighted by molar-refractivity contribution is 7.99. The van der Waals surface area contributed by atoms with E-state index in [0.717, 1.165) is 0 Å². The van der Waals surface area contributed by atoms with Gasteiger partial charge in [0.05, 0.1) is 12.4 Å². The van der Waals surface area contributed by atoms with Crippen LogP contribution in [-0.2, 0) is 9.53 Å². The monoisotopic (exact) mass is 270 g/mol. The summed E-state index contributed by atoms with van der Waals surface area (Å²) in [6, 6.07) is -0.502. The SMILES string of the molecule is C#CCNC(=O)[C@H]1CSCN1C(=O)OC(C)(C)C. The minimum Gasteiger partial charge on any atom is -0.444 e. The molecule has 0 bridgehead atoms. The number of hydrogen-bond donors (Lipinski definition) is 1. The van der Waals surface area contributed by atoms with Crippen LogP contribution in [0.2, 0.25) is 0 Å². The molecule has 0 aliphatic carbocycles. The van der Waals surface area contributed by atoms with Crippen LogP contribution in [0.15, 0.2) is 0 Å². The molecule has 1 atom stereocenters. The molecule has 1 saturated heterocycles. The molecule has 6 heteroatoms. The van der Waals surface area contributed by atoms with Crippen LogP contribution in [-0.4, -0.2) is 46.7 Å². The quantitative estimate of drug-likeness (QED) is 0.762. The van der Waals surface area contributed by atoms with E-state index >= 15 is 0 Å². The summed E-state index contributed by atoms with van der Waals surface area (Å²) in [5, 5.41) is 2.58. The van der Waals surface area contributed by atoms with E-state index in [9.17, 15) is 9.59 Å². The molecule has 0 radical (unpaired) electrons. The first-order valence-electron chi connectivity index (χ1n) is 5.63. The van der Waals surface area contributed by atoms with Gasteiger partial charge in [0.25, 0.3) is 0 Å². The zero-order chi connectivity index (χ0) is 13.8. The van der Waals surface area contributed by atoms with E-state index in [1.54, 1.807) is 20.8 Å². The molecule has 1 aliphatic heterocycles. The standard InChI is InChI=1S/C12H18N2O3S/c1-5-6-13-10(15)9-7-18-8-14(9)11(16)17-12(2,3)4/h1,9H,6-8H2,2-4H3,(H,13,15)/t9-/m1/s1. The maximum absolute atomic E-state index is 11.9. The molecular weight excluding hydrogens is 252 g/mol. The lowest BCUT2D eigenvalue weighted by Crippen LogP contribution is -2.48. The fraction of sp³-hybridized carbons (Fsp3) is 0.667. The number of thioether (sulfide) groups is 1. The van der Waals surface area contributed by atoms with Gasteiger partial charge in [-0.1, -0.05) is 5.92 Å². The van der Waals surface area contributed by atoms with E-state index in [0.29, 0.717) is 11.6 Å². The summed E-state index contributed by atoms with van der Waals surface area (Å²) in [7, 11) is 0. The Balaban J connectivity index is 2.62. The molecule has 1 rings (SSSR count). The van der Waals surface area contributed by atoms with Crippen molar-refractivity contribution in [2.24, 2.45) is 0 Å². The van der Waals surface area contributed by atoms with Crippen LogP contribution in [0.5, 0.6) is 0 Å². The van der Waals surface area contributed by atoms with E-state index in [1.807, 2.05) is 0 Å². The van der Waals surface area contributed by atoms with Crippen LogP contribution in [0.1, 0.15) is 20.8 Å². The Kier molecular flexibility index (Phi) is 4.91. The summed E-state index contributed by atoms with van der Waals surface area (Å²) < 4.78 is 5.26. The van der Waals surface area contributed by atoms with Crippen molar-refractivity contribution in [2.75, 3.05) is 18.2 Å². The number of terminal acetylenes is 1. The molecule has 1 N–H and O–H groups in total. The van der Waals surface area contributed by atoms with Gasteiger partial charge in [0, 0.05) is 5.75 Å². The third-order valence-corrected chi connectivity index (χ3v) is 3.19. The summed E-state index contributed by atoms with van der Waals surface area (Å²) in [4.78, 5) is 25.2. The molecule has 0 aromatic carbocycles. The van der Waals surface area contributed by atoms with Crippen molar-refractivity contribution >= 4 is 23.8 Å². The van der Waals surface area contributed by atoms with Crippen molar-refractivity contribution in [2.45, 2.75) is 32.4 Å². The Labute approximate surface area is 112 Å². The molecule has 5 nitrogen and oxygen atoms in total. The van der Waals surface area contributed by atoms with E-state index in [4.69, 9.17) is 11.2 Å². The molecule has 18 heavy (non-hydrogen) atoms. The second-order valence-corrected chi connectivity index (χ2v) is 5.89. The van der Waals surface area contributed by atoms with E-state index in [2.05, 4.69) is 11.2 Å². The van der Waals surface area contributed by atoms with Crippen molar-refractivity contribution in [1.82, 2.24) is 10.2 Å². The second-order valence-electron chi connectivity index (χ2n) is 4.89. The highest BCUT2D eigenvalue weighted by Crippen LogP contribution is 2.23. The van der Waals surface area contributed by atoms with Crippen molar-refractivity contribution in [3.05, 3.63) is 0 Å². The second kappa shape index (κ2) is 6.01. The zero-order valence-electron chi connectivity index (χ0n) is 10.9. The topological polar surface area (TPSA) is 58.6 Å². The average molecular weight is 270 g/mol. The van der Waals surface area contributed by atoms with Gasteiger partial charge >= 0.3 is 6.09 Å². The number of amides is 2. The summed E-state index contributed by atoms with van der Waals surface area (Å²) in [5.74, 6) is 3.12. The minimum atomic E-state index is -0.565. The Hall–Kier alpha value is -1.35. The lowest BCUT2D eigenvalue weighted by atomic mass is 10.2.